The fourth-order valence-electron chi connectivity index (χ4n) is 2.78. The maximum absolute atomic E-state index is 13.8. The fraction of sp³-hybridized carbons (Fsp3) is 0. The standard InChI is InChI=1S/C20H13ClFN5O2/c21-16-7-6-13(10-14(16)19(28)23-12-4-2-1-3-5-12)24-20(29)15-8-11(22)9-17-18(15)26-27-25-17/h1-10H,(H,23,28)(H,24,29)(H,25,26,27). The Bertz CT molecular complexity index is 1230. The highest BCUT2D eigenvalue weighted by atomic mass is 35.5. The number of aromatic nitrogens is 3. The van der Waals surface area contributed by atoms with E-state index in [9.17, 15) is 14.0 Å². The normalized spacial score (nSPS) is 10.7. The molecule has 144 valence electrons. The van der Waals surface area contributed by atoms with Crippen molar-refractivity contribution in [3.05, 3.63) is 82.6 Å². The molecule has 0 aliphatic heterocycles. The summed E-state index contributed by atoms with van der Waals surface area (Å²) < 4.78 is 13.8. The van der Waals surface area contributed by atoms with E-state index in [0.717, 1.165) is 6.07 Å². The Morgan fingerprint density at radius 3 is 2.38 bits per heavy atom. The molecule has 0 radical (unpaired) electrons. The van der Waals surface area contributed by atoms with Crippen LogP contribution in [0, 0.1) is 5.82 Å². The van der Waals surface area contributed by atoms with Crippen LogP contribution in [0.25, 0.3) is 11.0 Å². The van der Waals surface area contributed by atoms with Crippen molar-refractivity contribution in [2.24, 2.45) is 0 Å². The van der Waals surface area contributed by atoms with E-state index in [-0.39, 0.29) is 27.2 Å². The first kappa shape index (κ1) is 18.6. The van der Waals surface area contributed by atoms with Crippen LogP contribution in [-0.2, 0) is 0 Å². The molecule has 0 saturated carbocycles. The number of halogens is 2. The summed E-state index contributed by atoms with van der Waals surface area (Å²) in [6.45, 7) is 0. The highest BCUT2D eigenvalue weighted by Gasteiger charge is 2.17. The average molecular weight is 410 g/mol. The first-order valence-corrected chi connectivity index (χ1v) is 8.86. The van der Waals surface area contributed by atoms with Gasteiger partial charge in [-0.2, -0.15) is 15.4 Å². The zero-order valence-corrected chi connectivity index (χ0v) is 15.5. The summed E-state index contributed by atoms with van der Waals surface area (Å²) in [6.07, 6.45) is 0. The number of carbonyl (C=O) groups excluding carboxylic acids is 2. The van der Waals surface area contributed by atoms with Crippen molar-refractivity contribution in [3.63, 3.8) is 0 Å². The Morgan fingerprint density at radius 1 is 0.862 bits per heavy atom. The zero-order chi connectivity index (χ0) is 20.4. The van der Waals surface area contributed by atoms with Crippen LogP contribution in [0.15, 0.2) is 60.7 Å². The lowest BCUT2D eigenvalue weighted by atomic mass is 10.1. The highest BCUT2D eigenvalue weighted by molar-refractivity contribution is 6.34. The van der Waals surface area contributed by atoms with E-state index in [4.69, 9.17) is 11.6 Å². The van der Waals surface area contributed by atoms with Crippen molar-refractivity contribution in [2.45, 2.75) is 0 Å². The van der Waals surface area contributed by atoms with Crippen LogP contribution in [0.2, 0.25) is 5.02 Å². The minimum absolute atomic E-state index is 0.0130. The van der Waals surface area contributed by atoms with Crippen LogP contribution in [-0.4, -0.2) is 27.2 Å². The molecule has 7 nitrogen and oxygen atoms in total. The number of H-pyrrole nitrogens is 1. The summed E-state index contributed by atoms with van der Waals surface area (Å²) in [5.74, 6) is -1.64. The Hall–Kier alpha value is -3.78. The molecule has 2 amide bonds. The maximum atomic E-state index is 13.8. The van der Waals surface area contributed by atoms with Gasteiger partial charge in [0.25, 0.3) is 11.8 Å². The minimum atomic E-state index is -0.615. The number of nitrogens with zero attached hydrogens (tertiary/aromatic N) is 2. The molecule has 0 fully saturated rings. The van der Waals surface area contributed by atoms with Gasteiger partial charge >= 0.3 is 0 Å². The summed E-state index contributed by atoms with van der Waals surface area (Å²) in [5.41, 5.74) is 1.59. The van der Waals surface area contributed by atoms with Crippen molar-refractivity contribution in [1.29, 1.82) is 0 Å². The van der Waals surface area contributed by atoms with E-state index in [2.05, 4.69) is 26.0 Å². The molecule has 1 heterocycles. The van der Waals surface area contributed by atoms with E-state index in [1.807, 2.05) is 6.07 Å². The summed E-state index contributed by atoms with van der Waals surface area (Å²) in [5, 5.41) is 15.6. The molecule has 0 saturated heterocycles. The van der Waals surface area contributed by atoms with Gasteiger partial charge in [0.2, 0.25) is 0 Å². The first-order chi connectivity index (χ1) is 14.0. The zero-order valence-electron chi connectivity index (χ0n) is 14.7. The van der Waals surface area contributed by atoms with E-state index in [0.29, 0.717) is 11.4 Å². The second-order valence-corrected chi connectivity index (χ2v) is 6.52. The number of rotatable bonds is 4. The molecule has 9 heteroatoms. The molecule has 0 unspecified atom stereocenters. The number of fused-ring (bicyclic) bond motifs is 1. The largest absolute Gasteiger partial charge is 0.322 e. The molecular formula is C20H13ClFN5O2. The van der Waals surface area contributed by atoms with Crippen LogP contribution in [0.1, 0.15) is 20.7 Å². The maximum Gasteiger partial charge on any atom is 0.258 e. The number of nitrogens with one attached hydrogen (secondary N) is 3. The van der Waals surface area contributed by atoms with Crippen LogP contribution >= 0.6 is 11.6 Å². The number of carbonyl (C=O) groups is 2. The molecule has 3 aromatic carbocycles. The molecule has 0 aliphatic carbocycles. The monoisotopic (exact) mass is 409 g/mol. The highest BCUT2D eigenvalue weighted by Crippen LogP contribution is 2.23. The third-order valence-corrected chi connectivity index (χ3v) is 4.46. The second-order valence-electron chi connectivity index (χ2n) is 6.11. The topological polar surface area (TPSA) is 99.8 Å². The van der Waals surface area contributed by atoms with Crippen molar-refractivity contribution < 1.29 is 14.0 Å². The van der Waals surface area contributed by atoms with Gasteiger partial charge in [-0.1, -0.05) is 29.8 Å². The molecule has 1 aromatic heterocycles. The predicted molar refractivity (Wildman–Crippen MR) is 108 cm³/mol. The smallest absolute Gasteiger partial charge is 0.258 e. The lowest BCUT2D eigenvalue weighted by Crippen LogP contribution is -2.15. The third kappa shape index (κ3) is 3.92. The van der Waals surface area contributed by atoms with Crippen LogP contribution < -0.4 is 10.6 Å². The van der Waals surface area contributed by atoms with Gasteiger partial charge < -0.3 is 10.6 Å². The number of para-hydroxylation sites is 1. The van der Waals surface area contributed by atoms with E-state index in [1.54, 1.807) is 30.3 Å². The Morgan fingerprint density at radius 2 is 1.59 bits per heavy atom. The SMILES string of the molecule is O=C(Nc1ccccc1)c1cc(NC(=O)c2cc(F)cc3n[nH]nc23)ccc1Cl. The Balaban J connectivity index is 1.59. The summed E-state index contributed by atoms with van der Waals surface area (Å²) in [7, 11) is 0. The molecular weight excluding hydrogens is 397 g/mol. The number of amides is 2. The van der Waals surface area contributed by atoms with Crippen molar-refractivity contribution >= 4 is 45.8 Å². The van der Waals surface area contributed by atoms with Crippen molar-refractivity contribution in [1.82, 2.24) is 15.4 Å². The molecule has 0 aliphatic rings. The number of anilines is 2. The Kier molecular flexibility index (Phi) is 4.92. The molecule has 29 heavy (non-hydrogen) atoms. The first-order valence-electron chi connectivity index (χ1n) is 8.48. The number of benzene rings is 3. The van der Waals surface area contributed by atoms with Crippen molar-refractivity contribution in [2.75, 3.05) is 10.6 Å². The van der Waals surface area contributed by atoms with Crippen LogP contribution in [0.5, 0.6) is 0 Å². The van der Waals surface area contributed by atoms with Gasteiger partial charge in [0, 0.05) is 17.4 Å². The number of hydrogen-bond acceptors (Lipinski definition) is 4. The second kappa shape index (κ2) is 7.69. The van der Waals surface area contributed by atoms with E-state index >= 15 is 0 Å². The van der Waals surface area contributed by atoms with E-state index < -0.39 is 17.6 Å². The van der Waals surface area contributed by atoms with Gasteiger partial charge in [-0.3, -0.25) is 9.59 Å². The molecule has 4 aromatic rings. The molecule has 4 rings (SSSR count). The number of hydrogen-bond donors (Lipinski definition) is 3. The predicted octanol–water partition coefficient (Wildman–Crippen LogP) is 4.26. The lowest BCUT2D eigenvalue weighted by Gasteiger charge is -2.10. The van der Waals surface area contributed by atoms with Gasteiger partial charge in [-0.25, -0.2) is 4.39 Å². The van der Waals surface area contributed by atoms with Crippen LogP contribution in [0.4, 0.5) is 15.8 Å². The van der Waals surface area contributed by atoms with Gasteiger partial charge in [-0.05, 0) is 36.4 Å². The average Bonchev–Trinajstić information content (AvgIpc) is 3.17. The third-order valence-electron chi connectivity index (χ3n) is 4.13. The molecule has 0 atom stereocenters. The lowest BCUT2D eigenvalue weighted by molar-refractivity contribution is 0.101. The molecule has 0 bridgehead atoms. The van der Waals surface area contributed by atoms with Gasteiger partial charge in [0.05, 0.1) is 16.1 Å². The summed E-state index contributed by atoms with van der Waals surface area (Å²) in [4.78, 5) is 25.2. The quantitative estimate of drug-likeness (QED) is 0.469. The summed E-state index contributed by atoms with van der Waals surface area (Å²) in [6, 6.07) is 15.6. The molecule has 0 spiro atoms. The minimum Gasteiger partial charge on any atom is -0.322 e. The Labute approximate surface area is 168 Å². The van der Waals surface area contributed by atoms with Crippen LogP contribution in [0.3, 0.4) is 0 Å². The van der Waals surface area contributed by atoms with E-state index in [1.165, 1.54) is 18.2 Å². The van der Waals surface area contributed by atoms with Gasteiger partial charge in [0.1, 0.15) is 16.9 Å². The fourth-order valence-corrected chi connectivity index (χ4v) is 2.99. The van der Waals surface area contributed by atoms with Gasteiger partial charge in [0.15, 0.2) is 0 Å². The summed E-state index contributed by atoms with van der Waals surface area (Å²) >= 11 is 6.15. The number of aromatic amines is 1. The van der Waals surface area contributed by atoms with Crippen molar-refractivity contribution in [3.8, 4) is 0 Å². The van der Waals surface area contributed by atoms with Gasteiger partial charge in [-0.15, -0.1) is 0 Å². The molecule has 3 N–H and O–H groups in total.